The molecule has 1 N–H and O–H groups in total. The van der Waals surface area contributed by atoms with Crippen molar-refractivity contribution in [2.45, 2.75) is 11.8 Å². The maximum atomic E-state index is 12.6. The predicted octanol–water partition coefficient (Wildman–Crippen LogP) is 6.64. The SMILES string of the molecule is Cc1ccc(S(=O)(=O)Oc2ccccc2/C=N\Nc2nc(-c3ccc(Cl)cc3Cl)cs2)cc1. The van der Waals surface area contributed by atoms with Crippen LogP contribution in [0.3, 0.4) is 0 Å². The highest BCUT2D eigenvalue weighted by atomic mass is 35.5. The van der Waals surface area contributed by atoms with Gasteiger partial charge in [-0.25, -0.2) is 4.98 Å². The van der Waals surface area contributed by atoms with Crippen LogP contribution in [0.5, 0.6) is 5.75 Å². The number of hydrogen-bond acceptors (Lipinski definition) is 7. The Bertz CT molecular complexity index is 1420. The lowest BCUT2D eigenvalue weighted by molar-refractivity contribution is 0.485. The highest BCUT2D eigenvalue weighted by molar-refractivity contribution is 7.87. The molecule has 0 aliphatic carbocycles. The molecular weight excluding hydrogens is 501 g/mol. The number of aryl methyl sites for hydroxylation is 1. The minimum atomic E-state index is -3.98. The third-order valence-corrected chi connectivity index (χ3v) is 7.05. The van der Waals surface area contributed by atoms with E-state index in [1.807, 2.05) is 12.3 Å². The molecule has 168 valence electrons. The lowest BCUT2D eigenvalue weighted by atomic mass is 10.2. The minimum absolute atomic E-state index is 0.0779. The molecule has 10 heteroatoms. The number of nitrogens with one attached hydrogen (secondary N) is 1. The molecule has 0 spiro atoms. The first-order valence-electron chi connectivity index (χ1n) is 9.62. The Labute approximate surface area is 205 Å². The zero-order valence-corrected chi connectivity index (χ0v) is 20.3. The molecule has 0 saturated carbocycles. The summed E-state index contributed by atoms with van der Waals surface area (Å²) in [5.41, 5.74) is 5.73. The number of thiazole rings is 1. The van der Waals surface area contributed by atoms with E-state index < -0.39 is 10.1 Å². The van der Waals surface area contributed by atoms with Crippen LogP contribution in [0.4, 0.5) is 5.13 Å². The van der Waals surface area contributed by atoms with Gasteiger partial charge in [0.15, 0.2) is 5.75 Å². The summed E-state index contributed by atoms with van der Waals surface area (Å²) >= 11 is 13.5. The first-order chi connectivity index (χ1) is 15.8. The summed E-state index contributed by atoms with van der Waals surface area (Å²) in [6.07, 6.45) is 1.47. The molecule has 0 saturated heterocycles. The molecule has 0 aliphatic heterocycles. The fourth-order valence-corrected chi connectivity index (χ4v) is 4.96. The van der Waals surface area contributed by atoms with Crippen LogP contribution in [0.1, 0.15) is 11.1 Å². The van der Waals surface area contributed by atoms with Gasteiger partial charge in [-0.3, -0.25) is 5.43 Å². The number of benzene rings is 3. The van der Waals surface area contributed by atoms with E-state index in [0.29, 0.717) is 26.4 Å². The summed E-state index contributed by atoms with van der Waals surface area (Å²) in [4.78, 5) is 4.55. The molecule has 6 nitrogen and oxygen atoms in total. The Morgan fingerprint density at radius 3 is 2.58 bits per heavy atom. The van der Waals surface area contributed by atoms with Crippen molar-refractivity contribution in [2.75, 3.05) is 5.43 Å². The van der Waals surface area contributed by atoms with Gasteiger partial charge in [0.2, 0.25) is 5.13 Å². The maximum Gasteiger partial charge on any atom is 0.339 e. The minimum Gasteiger partial charge on any atom is -0.378 e. The normalized spacial score (nSPS) is 11.6. The second-order valence-corrected chi connectivity index (χ2v) is 10.2. The molecular formula is C23H17Cl2N3O3S2. The van der Waals surface area contributed by atoms with Crippen molar-refractivity contribution < 1.29 is 12.6 Å². The number of hydrogen-bond donors (Lipinski definition) is 1. The van der Waals surface area contributed by atoms with Gasteiger partial charge in [-0.05, 0) is 49.4 Å². The number of aromatic nitrogens is 1. The van der Waals surface area contributed by atoms with Crippen molar-refractivity contribution in [3.63, 3.8) is 0 Å². The quantitative estimate of drug-likeness (QED) is 0.169. The number of halogens is 2. The predicted molar refractivity (Wildman–Crippen MR) is 134 cm³/mol. The van der Waals surface area contributed by atoms with E-state index in [0.717, 1.165) is 11.1 Å². The monoisotopic (exact) mass is 517 g/mol. The molecule has 0 amide bonds. The topological polar surface area (TPSA) is 80.7 Å². The van der Waals surface area contributed by atoms with Crippen LogP contribution in [-0.2, 0) is 10.1 Å². The zero-order chi connectivity index (χ0) is 23.4. The average molecular weight is 518 g/mol. The number of nitrogens with zero attached hydrogens (tertiary/aromatic N) is 2. The third-order valence-electron chi connectivity index (χ3n) is 4.50. The smallest absolute Gasteiger partial charge is 0.339 e. The zero-order valence-electron chi connectivity index (χ0n) is 17.2. The van der Waals surface area contributed by atoms with Gasteiger partial charge in [0, 0.05) is 21.5 Å². The molecule has 33 heavy (non-hydrogen) atoms. The summed E-state index contributed by atoms with van der Waals surface area (Å²) in [6.45, 7) is 1.88. The Morgan fingerprint density at radius 1 is 1.06 bits per heavy atom. The standard InChI is InChI=1S/C23H17Cl2N3O3S2/c1-15-6-9-18(10-7-15)33(29,30)31-22-5-3-2-4-16(22)13-26-28-23-27-21(14-32-23)19-11-8-17(24)12-20(19)25/h2-14H,1H3,(H,27,28)/b26-13-. The molecule has 0 atom stereocenters. The van der Waals surface area contributed by atoms with Crippen molar-refractivity contribution in [2.24, 2.45) is 5.10 Å². The van der Waals surface area contributed by atoms with Gasteiger partial charge in [-0.1, -0.05) is 53.0 Å². The Hall–Kier alpha value is -2.91. The van der Waals surface area contributed by atoms with Gasteiger partial charge in [-0.2, -0.15) is 13.5 Å². The van der Waals surface area contributed by atoms with Gasteiger partial charge >= 0.3 is 10.1 Å². The first kappa shape index (κ1) is 23.3. The second-order valence-electron chi connectivity index (χ2n) is 6.92. The maximum absolute atomic E-state index is 12.6. The lowest BCUT2D eigenvalue weighted by Gasteiger charge is -2.09. The van der Waals surface area contributed by atoms with Crippen LogP contribution in [0, 0.1) is 6.92 Å². The van der Waals surface area contributed by atoms with Gasteiger partial charge < -0.3 is 4.18 Å². The summed E-state index contributed by atoms with van der Waals surface area (Å²) < 4.78 is 30.6. The molecule has 0 bridgehead atoms. The van der Waals surface area contributed by atoms with E-state index in [9.17, 15) is 8.42 Å². The van der Waals surface area contributed by atoms with Crippen molar-refractivity contribution in [3.05, 3.63) is 93.3 Å². The number of para-hydroxylation sites is 1. The van der Waals surface area contributed by atoms with E-state index in [4.69, 9.17) is 27.4 Å². The molecule has 4 aromatic rings. The van der Waals surface area contributed by atoms with E-state index in [1.165, 1.54) is 29.7 Å². The average Bonchev–Trinajstić information content (AvgIpc) is 3.23. The Morgan fingerprint density at radius 2 is 1.82 bits per heavy atom. The highest BCUT2D eigenvalue weighted by Gasteiger charge is 2.18. The lowest BCUT2D eigenvalue weighted by Crippen LogP contribution is -2.11. The Kier molecular flexibility index (Phi) is 6.99. The first-order valence-corrected chi connectivity index (χ1v) is 12.7. The Balaban J connectivity index is 1.49. The van der Waals surface area contributed by atoms with Crippen molar-refractivity contribution in [1.82, 2.24) is 4.98 Å². The van der Waals surface area contributed by atoms with Crippen LogP contribution < -0.4 is 9.61 Å². The van der Waals surface area contributed by atoms with E-state index in [-0.39, 0.29) is 10.6 Å². The van der Waals surface area contributed by atoms with Crippen molar-refractivity contribution in [1.29, 1.82) is 0 Å². The van der Waals surface area contributed by atoms with Crippen LogP contribution in [-0.4, -0.2) is 19.6 Å². The number of rotatable bonds is 7. The van der Waals surface area contributed by atoms with E-state index in [1.54, 1.807) is 54.6 Å². The largest absolute Gasteiger partial charge is 0.378 e. The fourth-order valence-electron chi connectivity index (χ4n) is 2.84. The molecule has 3 aromatic carbocycles. The molecule has 0 fully saturated rings. The van der Waals surface area contributed by atoms with Crippen LogP contribution >= 0.6 is 34.5 Å². The molecule has 0 unspecified atom stereocenters. The fraction of sp³-hybridized carbons (Fsp3) is 0.0435. The van der Waals surface area contributed by atoms with Gasteiger partial charge in [0.25, 0.3) is 0 Å². The third kappa shape index (κ3) is 5.72. The van der Waals surface area contributed by atoms with Crippen molar-refractivity contribution in [3.8, 4) is 17.0 Å². The molecule has 4 rings (SSSR count). The van der Waals surface area contributed by atoms with Crippen LogP contribution in [0.25, 0.3) is 11.3 Å². The summed E-state index contributed by atoms with van der Waals surface area (Å²) in [5, 5.41) is 7.61. The van der Waals surface area contributed by atoms with Gasteiger partial charge in [0.05, 0.1) is 16.9 Å². The van der Waals surface area contributed by atoms with E-state index in [2.05, 4.69) is 15.5 Å². The second kappa shape index (κ2) is 9.93. The highest BCUT2D eigenvalue weighted by Crippen LogP contribution is 2.32. The van der Waals surface area contributed by atoms with Gasteiger partial charge in [-0.15, -0.1) is 11.3 Å². The number of hydrazone groups is 1. The van der Waals surface area contributed by atoms with Gasteiger partial charge in [0.1, 0.15) is 4.90 Å². The molecule has 1 heterocycles. The molecule has 0 aliphatic rings. The van der Waals surface area contributed by atoms with E-state index >= 15 is 0 Å². The molecule has 0 radical (unpaired) electrons. The van der Waals surface area contributed by atoms with Crippen LogP contribution in [0.15, 0.2) is 82.1 Å². The summed E-state index contributed by atoms with van der Waals surface area (Å²) in [5.74, 6) is 0.163. The van der Waals surface area contributed by atoms with Crippen LogP contribution in [0.2, 0.25) is 10.0 Å². The summed E-state index contributed by atoms with van der Waals surface area (Å²) in [6, 6.07) is 18.4. The summed E-state index contributed by atoms with van der Waals surface area (Å²) in [7, 11) is -3.98. The van der Waals surface area contributed by atoms with Crippen molar-refractivity contribution >= 4 is 56.0 Å². The number of anilines is 1. The molecule has 1 aromatic heterocycles.